The number of hydrogen-bond donors (Lipinski definition) is 1. The predicted molar refractivity (Wildman–Crippen MR) is 87.9 cm³/mol. The van der Waals surface area contributed by atoms with Gasteiger partial charge in [-0.15, -0.1) is 0 Å². The molecule has 0 amide bonds. The molecule has 0 saturated heterocycles. The van der Waals surface area contributed by atoms with Crippen molar-refractivity contribution in [1.29, 1.82) is 0 Å². The van der Waals surface area contributed by atoms with Gasteiger partial charge in [-0.05, 0) is 54.2 Å². The summed E-state index contributed by atoms with van der Waals surface area (Å²) in [4.78, 5) is 0. The second kappa shape index (κ2) is 5.17. The SMILES string of the molecule is COc1ccc(Cl)cc1CNC1C2(C)CCC(C2)C1(C)C. The molecule has 1 N–H and O–H groups in total. The van der Waals surface area contributed by atoms with Crippen LogP contribution in [0.3, 0.4) is 0 Å². The van der Waals surface area contributed by atoms with Crippen molar-refractivity contribution < 1.29 is 4.74 Å². The Morgan fingerprint density at radius 2 is 2.10 bits per heavy atom. The van der Waals surface area contributed by atoms with Gasteiger partial charge < -0.3 is 10.1 Å². The number of nitrogens with one attached hydrogen (secondary N) is 1. The largest absolute Gasteiger partial charge is 0.496 e. The van der Waals surface area contributed by atoms with Crippen molar-refractivity contribution in [2.75, 3.05) is 7.11 Å². The maximum atomic E-state index is 6.13. The van der Waals surface area contributed by atoms with Crippen LogP contribution in [0.1, 0.15) is 45.6 Å². The zero-order chi connectivity index (χ0) is 15.3. The minimum absolute atomic E-state index is 0.374. The third-order valence-electron chi connectivity index (χ3n) is 6.01. The second-order valence-electron chi connectivity index (χ2n) is 7.69. The quantitative estimate of drug-likeness (QED) is 0.874. The fraction of sp³-hybridized carbons (Fsp3) is 0.667. The van der Waals surface area contributed by atoms with E-state index >= 15 is 0 Å². The van der Waals surface area contributed by atoms with Crippen molar-refractivity contribution >= 4 is 11.6 Å². The van der Waals surface area contributed by atoms with Gasteiger partial charge in [0.1, 0.15) is 5.75 Å². The van der Waals surface area contributed by atoms with Crippen molar-refractivity contribution in [3.63, 3.8) is 0 Å². The summed E-state index contributed by atoms with van der Waals surface area (Å²) in [5.74, 6) is 1.78. The number of rotatable bonds is 4. The summed E-state index contributed by atoms with van der Waals surface area (Å²) in [6.45, 7) is 8.12. The van der Waals surface area contributed by atoms with Crippen molar-refractivity contribution in [2.24, 2.45) is 16.7 Å². The number of halogens is 1. The lowest BCUT2D eigenvalue weighted by Gasteiger charge is -2.43. The number of methoxy groups -OCH3 is 1. The first kappa shape index (κ1) is 15.2. The van der Waals surface area contributed by atoms with E-state index < -0.39 is 0 Å². The van der Waals surface area contributed by atoms with E-state index in [-0.39, 0.29) is 0 Å². The lowest BCUT2D eigenvalue weighted by Crippen LogP contribution is -2.49. The van der Waals surface area contributed by atoms with Gasteiger partial charge in [0, 0.05) is 23.2 Å². The van der Waals surface area contributed by atoms with Crippen LogP contribution in [0.25, 0.3) is 0 Å². The molecule has 0 spiro atoms. The summed E-state index contributed by atoms with van der Waals surface area (Å²) in [6.07, 6.45) is 4.11. The van der Waals surface area contributed by atoms with Crippen LogP contribution in [-0.2, 0) is 6.54 Å². The zero-order valence-electron chi connectivity index (χ0n) is 13.5. The maximum absolute atomic E-state index is 6.13. The highest BCUT2D eigenvalue weighted by Gasteiger charge is 2.58. The average molecular weight is 308 g/mol. The lowest BCUT2D eigenvalue weighted by molar-refractivity contribution is 0.108. The van der Waals surface area contributed by atoms with Crippen LogP contribution in [0.4, 0.5) is 0 Å². The first-order valence-corrected chi connectivity index (χ1v) is 8.30. The summed E-state index contributed by atoms with van der Waals surface area (Å²) in [5.41, 5.74) is 1.96. The van der Waals surface area contributed by atoms with Crippen molar-refractivity contribution in [1.82, 2.24) is 5.32 Å². The van der Waals surface area contributed by atoms with Crippen molar-refractivity contribution in [2.45, 2.75) is 52.6 Å². The topological polar surface area (TPSA) is 21.3 Å². The van der Waals surface area contributed by atoms with E-state index in [2.05, 4.69) is 26.1 Å². The molecule has 3 rings (SSSR count). The smallest absolute Gasteiger partial charge is 0.123 e. The molecule has 3 atom stereocenters. The summed E-state index contributed by atoms with van der Waals surface area (Å²) >= 11 is 6.13. The molecule has 3 unspecified atom stereocenters. The fourth-order valence-corrected chi connectivity index (χ4v) is 5.10. The molecule has 1 aromatic rings. The number of ether oxygens (including phenoxy) is 1. The van der Waals surface area contributed by atoms with Crippen LogP contribution < -0.4 is 10.1 Å². The maximum Gasteiger partial charge on any atom is 0.123 e. The third kappa shape index (κ3) is 2.47. The molecule has 2 aliphatic rings. The highest BCUT2D eigenvalue weighted by atomic mass is 35.5. The van der Waals surface area contributed by atoms with Gasteiger partial charge >= 0.3 is 0 Å². The van der Waals surface area contributed by atoms with Crippen LogP contribution in [0.5, 0.6) is 5.75 Å². The molecule has 0 aliphatic heterocycles. The van der Waals surface area contributed by atoms with Crippen LogP contribution in [0.15, 0.2) is 18.2 Å². The fourth-order valence-electron chi connectivity index (χ4n) is 4.91. The van der Waals surface area contributed by atoms with Crippen LogP contribution >= 0.6 is 11.6 Å². The van der Waals surface area contributed by atoms with E-state index in [0.717, 1.165) is 28.8 Å². The Bertz CT molecular complexity index is 537. The number of benzene rings is 1. The Balaban J connectivity index is 1.78. The molecule has 2 nitrogen and oxygen atoms in total. The van der Waals surface area contributed by atoms with Gasteiger partial charge in [0.25, 0.3) is 0 Å². The van der Waals surface area contributed by atoms with E-state index in [4.69, 9.17) is 16.3 Å². The Morgan fingerprint density at radius 1 is 1.33 bits per heavy atom. The average Bonchev–Trinajstić information content (AvgIpc) is 2.89. The molecule has 1 aromatic carbocycles. The number of hydrogen-bond acceptors (Lipinski definition) is 2. The molecule has 2 fully saturated rings. The first-order valence-electron chi connectivity index (χ1n) is 7.92. The van der Waals surface area contributed by atoms with E-state index in [9.17, 15) is 0 Å². The molecule has 3 heteroatoms. The van der Waals surface area contributed by atoms with Gasteiger partial charge in [-0.25, -0.2) is 0 Å². The summed E-state index contributed by atoms with van der Waals surface area (Å²) in [6, 6.07) is 6.41. The van der Waals surface area contributed by atoms with E-state index in [1.54, 1.807) is 7.11 Å². The number of fused-ring (bicyclic) bond motifs is 2. The van der Waals surface area contributed by atoms with Gasteiger partial charge in [0.05, 0.1) is 7.11 Å². The Labute approximate surface area is 133 Å². The van der Waals surface area contributed by atoms with E-state index in [1.807, 2.05) is 18.2 Å². The molecule has 21 heavy (non-hydrogen) atoms. The molecule has 2 aliphatic carbocycles. The van der Waals surface area contributed by atoms with Gasteiger partial charge in [-0.3, -0.25) is 0 Å². The monoisotopic (exact) mass is 307 g/mol. The zero-order valence-corrected chi connectivity index (χ0v) is 14.3. The molecule has 0 radical (unpaired) electrons. The van der Waals surface area contributed by atoms with Crippen LogP contribution in [0.2, 0.25) is 5.02 Å². The molecular formula is C18H26ClNO. The molecule has 2 bridgehead atoms. The lowest BCUT2D eigenvalue weighted by atomic mass is 9.68. The molecule has 0 heterocycles. The Kier molecular flexibility index (Phi) is 3.74. The van der Waals surface area contributed by atoms with E-state index in [1.165, 1.54) is 19.3 Å². The summed E-state index contributed by atoms with van der Waals surface area (Å²) in [5, 5.41) is 4.59. The predicted octanol–water partition coefficient (Wildman–Crippen LogP) is 4.65. The molecule has 116 valence electrons. The third-order valence-corrected chi connectivity index (χ3v) is 6.24. The van der Waals surface area contributed by atoms with Gasteiger partial charge in [0.15, 0.2) is 0 Å². The Morgan fingerprint density at radius 3 is 2.71 bits per heavy atom. The normalized spacial score (nSPS) is 33.4. The van der Waals surface area contributed by atoms with Crippen molar-refractivity contribution in [3.05, 3.63) is 28.8 Å². The van der Waals surface area contributed by atoms with Gasteiger partial charge in [0.2, 0.25) is 0 Å². The van der Waals surface area contributed by atoms with Crippen LogP contribution in [-0.4, -0.2) is 13.2 Å². The molecule has 2 saturated carbocycles. The first-order chi connectivity index (χ1) is 9.87. The minimum Gasteiger partial charge on any atom is -0.496 e. The summed E-state index contributed by atoms with van der Waals surface area (Å²) in [7, 11) is 1.72. The minimum atomic E-state index is 0.374. The van der Waals surface area contributed by atoms with Gasteiger partial charge in [-0.2, -0.15) is 0 Å². The Hall–Kier alpha value is -0.730. The standard InChI is InChI=1S/C18H26ClNO/c1-17(2)13-7-8-18(3,10-13)16(17)20-11-12-9-14(19)5-6-15(12)21-4/h5-6,9,13,16,20H,7-8,10-11H2,1-4H3. The van der Waals surface area contributed by atoms with Gasteiger partial charge in [-0.1, -0.05) is 32.4 Å². The van der Waals surface area contributed by atoms with Crippen molar-refractivity contribution in [3.8, 4) is 5.75 Å². The van der Waals surface area contributed by atoms with E-state index in [0.29, 0.717) is 16.9 Å². The van der Waals surface area contributed by atoms with Crippen LogP contribution in [0, 0.1) is 16.7 Å². The molecule has 0 aromatic heterocycles. The summed E-state index contributed by atoms with van der Waals surface area (Å²) < 4.78 is 5.46. The molecular weight excluding hydrogens is 282 g/mol. The highest BCUT2D eigenvalue weighted by Crippen LogP contribution is 2.62. The highest BCUT2D eigenvalue weighted by molar-refractivity contribution is 6.30. The second-order valence-corrected chi connectivity index (χ2v) is 8.12.